The molecule has 0 atom stereocenters. The minimum Gasteiger partial charge on any atom is -0.341 e. The third kappa shape index (κ3) is 2.99. The summed E-state index contributed by atoms with van der Waals surface area (Å²) in [5.41, 5.74) is 0.578. The molecule has 0 radical (unpaired) electrons. The normalized spacial score (nSPS) is 9.14. The van der Waals surface area contributed by atoms with Gasteiger partial charge in [0.25, 0.3) is 5.91 Å². The molecule has 0 spiro atoms. The molecular formula is C10H8ClNOS. The highest BCUT2D eigenvalue weighted by Crippen LogP contribution is 2.21. The van der Waals surface area contributed by atoms with Crippen molar-refractivity contribution in [1.82, 2.24) is 5.32 Å². The number of carbonyl (C=O) groups excluding carboxylic acids is 1. The highest BCUT2D eigenvalue weighted by Gasteiger charge is 2.03. The summed E-state index contributed by atoms with van der Waals surface area (Å²) in [7, 11) is 6.65. The number of benzene rings is 1. The molecule has 1 aromatic carbocycles. The summed E-state index contributed by atoms with van der Waals surface area (Å²) in [6.07, 6.45) is 5.02. The number of carbonyl (C=O) groups is 1. The molecule has 0 saturated carbocycles. The van der Waals surface area contributed by atoms with E-state index in [1.165, 1.54) is 0 Å². The molecule has 0 aromatic heterocycles. The van der Waals surface area contributed by atoms with Crippen LogP contribution in [0.2, 0.25) is 0 Å². The molecule has 1 N–H and O–H groups in total. The van der Waals surface area contributed by atoms with E-state index in [1.807, 2.05) is 0 Å². The first-order valence-corrected chi connectivity index (χ1v) is 5.52. The van der Waals surface area contributed by atoms with Gasteiger partial charge in [-0.2, -0.15) is 0 Å². The highest BCUT2D eigenvalue weighted by atomic mass is 35.7. The lowest BCUT2D eigenvalue weighted by Gasteiger charge is -2.01. The van der Waals surface area contributed by atoms with Crippen LogP contribution in [-0.4, -0.2) is 12.5 Å². The molecular weight excluding hydrogens is 218 g/mol. The predicted octanol–water partition coefficient (Wildman–Crippen LogP) is 2.30. The minimum atomic E-state index is -0.172. The third-order valence-electron chi connectivity index (χ3n) is 1.56. The van der Waals surface area contributed by atoms with Crippen LogP contribution in [-0.2, 0) is 0 Å². The van der Waals surface area contributed by atoms with Crippen molar-refractivity contribution in [3.8, 4) is 12.3 Å². The molecule has 0 fully saturated rings. The van der Waals surface area contributed by atoms with Gasteiger partial charge in [0, 0.05) is 10.5 Å². The van der Waals surface area contributed by atoms with Gasteiger partial charge in [0.1, 0.15) is 0 Å². The van der Waals surface area contributed by atoms with Crippen LogP contribution < -0.4 is 5.32 Å². The summed E-state index contributed by atoms with van der Waals surface area (Å²) in [6.45, 7) is 0.241. The van der Waals surface area contributed by atoms with Crippen LogP contribution in [0.3, 0.4) is 0 Å². The van der Waals surface area contributed by atoms with Gasteiger partial charge in [-0.15, -0.1) is 6.42 Å². The Kier molecular flexibility index (Phi) is 4.37. The van der Waals surface area contributed by atoms with Gasteiger partial charge in [-0.05, 0) is 45.9 Å². The summed E-state index contributed by atoms with van der Waals surface area (Å²) in [5, 5.41) is 2.57. The Morgan fingerprint density at radius 2 is 2.14 bits per heavy atom. The molecule has 0 bridgehead atoms. The first kappa shape index (κ1) is 11.0. The zero-order valence-corrected chi connectivity index (χ0v) is 8.86. The quantitative estimate of drug-likeness (QED) is 0.800. The largest absolute Gasteiger partial charge is 0.341 e. The van der Waals surface area contributed by atoms with Crippen molar-refractivity contribution in [1.29, 1.82) is 0 Å². The monoisotopic (exact) mass is 225 g/mol. The van der Waals surface area contributed by atoms with E-state index in [0.29, 0.717) is 5.56 Å². The summed E-state index contributed by atoms with van der Waals surface area (Å²) >= 11 is 0. The maximum atomic E-state index is 11.4. The number of rotatable bonds is 3. The Morgan fingerprint density at radius 1 is 1.50 bits per heavy atom. The van der Waals surface area contributed by atoms with Crippen LogP contribution in [0, 0.1) is 12.3 Å². The third-order valence-corrected chi connectivity index (χ3v) is 2.54. The van der Waals surface area contributed by atoms with Crippen molar-refractivity contribution in [3.63, 3.8) is 0 Å². The SMILES string of the molecule is C#CCNC(=O)c1ccc(SCl)cc1. The molecule has 14 heavy (non-hydrogen) atoms. The van der Waals surface area contributed by atoms with Gasteiger partial charge in [0.2, 0.25) is 0 Å². The van der Waals surface area contributed by atoms with E-state index >= 15 is 0 Å². The van der Waals surface area contributed by atoms with Crippen molar-refractivity contribution in [2.45, 2.75) is 4.90 Å². The van der Waals surface area contributed by atoms with Crippen molar-refractivity contribution >= 4 is 27.6 Å². The fraction of sp³-hybridized carbons (Fsp3) is 0.100. The Balaban J connectivity index is 2.67. The molecule has 1 amide bonds. The first-order valence-electron chi connectivity index (χ1n) is 3.88. The van der Waals surface area contributed by atoms with E-state index in [1.54, 1.807) is 24.3 Å². The van der Waals surface area contributed by atoms with Crippen molar-refractivity contribution in [2.75, 3.05) is 6.54 Å². The average Bonchev–Trinajstić information content (AvgIpc) is 2.26. The second-order valence-electron chi connectivity index (χ2n) is 2.49. The Morgan fingerprint density at radius 3 is 2.64 bits per heavy atom. The Labute approximate surface area is 91.5 Å². The molecule has 0 aliphatic rings. The van der Waals surface area contributed by atoms with Gasteiger partial charge in [-0.25, -0.2) is 0 Å². The molecule has 0 aliphatic heterocycles. The molecule has 0 heterocycles. The summed E-state index contributed by atoms with van der Waals surface area (Å²) in [5.74, 6) is 2.16. The smallest absolute Gasteiger partial charge is 0.252 e. The van der Waals surface area contributed by atoms with Gasteiger partial charge in [-0.3, -0.25) is 4.79 Å². The van der Waals surface area contributed by atoms with E-state index in [4.69, 9.17) is 17.1 Å². The zero-order valence-electron chi connectivity index (χ0n) is 7.29. The molecule has 1 rings (SSSR count). The summed E-state index contributed by atoms with van der Waals surface area (Å²) in [4.78, 5) is 12.3. The molecule has 2 nitrogen and oxygen atoms in total. The van der Waals surface area contributed by atoms with Crippen LogP contribution in [0.1, 0.15) is 10.4 Å². The van der Waals surface area contributed by atoms with E-state index in [2.05, 4.69) is 11.2 Å². The lowest BCUT2D eigenvalue weighted by Crippen LogP contribution is -2.23. The molecule has 0 unspecified atom stereocenters. The number of halogens is 1. The number of nitrogens with one attached hydrogen (secondary N) is 1. The lowest BCUT2D eigenvalue weighted by molar-refractivity contribution is 0.0958. The minimum absolute atomic E-state index is 0.172. The lowest BCUT2D eigenvalue weighted by atomic mass is 10.2. The van der Waals surface area contributed by atoms with Crippen LogP contribution >= 0.6 is 21.7 Å². The maximum absolute atomic E-state index is 11.4. The second-order valence-corrected chi connectivity index (χ2v) is 3.58. The molecule has 0 saturated heterocycles. The van der Waals surface area contributed by atoms with Crippen LogP contribution in [0.15, 0.2) is 29.2 Å². The molecule has 4 heteroatoms. The highest BCUT2D eigenvalue weighted by molar-refractivity contribution is 8.21. The average molecular weight is 226 g/mol. The summed E-state index contributed by atoms with van der Waals surface area (Å²) < 4.78 is 0. The van der Waals surface area contributed by atoms with Crippen LogP contribution in [0.25, 0.3) is 0 Å². The number of hydrogen-bond acceptors (Lipinski definition) is 2. The molecule has 1 aromatic rings. The van der Waals surface area contributed by atoms with Gasteiger partial charge in [0.05, 0.1) is 6.54 Å². The predicted molar refractivity (Wildman–Crippen MR) is 59.3 cm³/mol. The van der Waals surface area contributed by atoms with Gasteiger partial charge in [0.15, 0.2) is 0 Å². The fourth-order valence-corrected chi connectivity index (χ4v) is 1.44. The van der Waals surface area contributed by atoms with E-state index < -0.39 is 0 Å². The van der Waals surface area contributed by atoms with E-state index in [-0.39, 0.29) is 12.5 Å². The summed E-state index contributed by atoms with van der Waals surface area (Å²) in [6, 6.07) is 6.97. The maximum Gasteiger partial charge on any atom is 0.252 e. The topological polar surface area (TPSA) is 29.1 Å². The Bertz CT molecular complexity index is 355. The van der Waals surface area contributed by atoms with Gasteiger partial charge < -0.3 is 5.32 Å². The Hall–Kier alpha value is -1.11. The number of amides is 1. The zero-order chi connectivity index (χ0) is 10.4. The van der Waals surface area contributed by atoms with Crippen molar-refractivity contribution < 1.29 is 4.79 Å². The van der Waals surface area contributed by atoms with Crippen LogP contribution in [0.5, 0.6) is 0 Å². The molecule has 0 aliphatic carbocycles. The second kappa shape index (κ2) is 5.58. The fourth-order valence-electron chi connectivity index (χ4n) is 0.891. The van der Waals surface area contributed by atoms with Crippen LogP contribution in [0.4, 0.5) is 0 Å². The standard InChI is InChI=1S/C10H8ClNOS/c1-2-7-12-10(13)8-3-5-9(14-11)6-4-8/h1,3-6H,7H2,(H,12,13). The number of hydrogen-bond donors (Lipinski definition) is 1. The molecule has 72 valence electrons. The first-order chi connectivity index (χ1) is 6.77. The van der Waals surface area contributed by atoms with Gasteiger partial charge >= 0.3 is 0 Å². The van der Waals surface area contributed by atoms with Crippen molar-refractivity contribution in [2.24, 2.45) is 0 Å². The van der Waals surface area contributed by atoms with E-state index in [0.717, 1.165) is 15.9 Å². The number of terminal acetylenes is 1. The van der Waals surface area contributed by atoms with Crippen molar-refractivity contribution in [3.05, 3.63) is 29.8 Å². The van der Waals surface area contributed by atoms with Gasteiger partial charge in [-0.1, -0.05) is 5.92 Å². The van der Waals surface area contributed by atoms with E-state index in [9.17, 15) is 4.79 Å².